The summed E-state index contributed by atoms with van der Waals surface area (Å²) in [4.78, 5) is 53.8. The Balaban J connectivity index is 2.29. The van der Waals surface area contributed by atoms with Crippen molar-refractivity contribution in [3.05, 3.63) is 48.0 Å². The second-order valence-electron chi connectivity index (χ2n) is 12.3. The van der Waals surface area contributed by atoms with Gasteiger partial charge in [-0.2, -0.15) is 0 Å². The molecule has 42 heavy (non-hydrogen) atoms. The third kappa shape index (κ3) is 11.8. The maximum atomic E-state index is 14.0. The summed E-state index contributed by atoms with van der Waals surface area (Å²) in [6.07, 6.45) is 6.36. The number of amides is 3. The molecular formula is C32H50N4O6. The van der Waals surface area contributed by atoms with Gasteiger partial charge in [-0.15, -0.1) is 0 Å². The lowest BCUT2D eigenvalue weighted by atomic mass is 9.95. The average Bonchev–Trinajstić information content (AvgIpc) is 3.41. The number of rotatable bonds is 14. The molecule has 10 heteroatoms. The number of benzene rings is 1. The van der Waals surface area contributed by atoms with Crippen molar-refractivity contribution in [2.24, 2.45) is 17.6 Å². The lowest BCUT2D eigenvalue weighted by molar-refractivity contribution is -0.146. The van der Waals surface area contributed by atoms with Crippen molar-refractivity contribution in [2.75, 3.05) is 20.2 Å². The van der Waals surface area contributed by atoms with Gasteiger partial charge in [0.05, 0.1) is 19.1 Å². The zero-order chi connectivity index (χ0) is 31.3. The molecule has 0 spiro atoms. The van der Waals surface area contributed by atoms with Crippen molar-refractivity contribution >= 4 is 23.9 Å². The Morgan fingerprint density at radius 1 is 1.10 bits per heavy atom. The normalized spacial score (nSPS) is 17.5. The fraction of sp³-hybridized carbons (Fsp3) is 0.625. The van der Waals surface area contributed by atoms with E-state index in [9.17, 15) is 19.2 Å². The molecule has 0 saturated carbocycles. The van der Waals surface area contributed by atoms with E-state index < -0.39 is 35.7 Å². The molecule has 0 radical (unpaired) electrons. The molecule has 1 fully saturated rings. The van der Waals surface area contributed by atoms with Gasteiger partial charge >= 0.3 is 12.1 Å². The number of esters is 1. The molecular weight excluding hydrogens is 536 g/mol. The second kappa shape index (κ2) is 16.9. The predicted octanol–water partition coefficient (Wildman–Crippen LogP) is 3.73. The van der Waals surface area contributed by atoms with E-state index in [1.54, 1.807) is 4.90 Å². The van der Waals surface area contributed by atoms with Crippen LogP contribution in [0, 0.1) is 11.8 Å². The molecule has 1 aliphatic rings. The van der Waals surface area contributed by atoms with Crippen LogP contribution in [0.5, 0.6) is 0 Å². The molecule has 2 rings (SSSR count). The fourth-order valence-corrected chi connectivity index (χ4v) is 5.02. The number of ether oxygens (including phenoxy) is 2. The van der Waals surface area contributed by atoms with Gasteiger partial charge in [0.1, 0.15) is 17.7 Å². The minimum absolute atomic E-state index is 0.176. The average molecular weight is 587 g/mol. The summed E-state index contributed by atoms with van der Waals surface area (Å²) in [5, 5.41) is 5.71. The van der Waals surface area contributed by atoms with Crippen LogP contribution in [-0.4, -0.2) is 72.7 Å². The van der Waals surface area contributed by atoms with Crippen molar-refractivity contribution < 1.29 is 28.7 Å². The number of carbonyl (C=O) groups is 4. The maximum absolute atomic E-state index is 14.0. The van der Waals surface area contributed by atoms with Crippen molar-refractivity contribution in [2.45, 2.75) is 96.9 Å². The van der Waals surface area contributed by atoms with Gasteiger partial charge in [-0.3, -0.25) is 9.59 Å². The standard InChI is InChI=1S/C32H50N4O6/c1-22(2)20-25(34-31(40)42-32(3,4)5)17-16-24(21-23-12-8-7-9-13-23)29(38)36-19-11-15-27(36)28(37)35-26(14-10-18-33)30(39)41-6/h7-9,12-13,16-17,22,24-27H,10-11,14-15,18-21,33H2,1-6H3,(H,34,40)(H,35,37)/b17-16+/t24-,25-,26?,27?/m1/s1. The Bertz CT molecular complexity index is 1050. The number of nitrogens with two attached hydrogens (primary N) is 1. The van der Waals surface area contributed by atoms with Crippen LogP contribution < -0.4 is 16.4 Å². The fourth-order valence-electron chi connectivity index (χ4n) is 5.02. The minimum Gasteiger partial charge on any atom is -0.467 e. The van der Waals surface area contributed by atoms with Gasteiger partial charge < -0.3 is 30.7 Å². The summed E-state index contributed by atoms with van der Waals surface area (Å²) in [6.45, 7) is 10.4. The van der Waals surface area contributed by atoms with Crippen molar-refractivity contribution in [3.8, 4) is 0 Å². The molecule has 10 nitrogen and oxygen atoms in total. The van der Waals surface area contributed by atoms with Crippen LogP contribution in [0.4, 0.5) is 4.79 Å². The van der Waals surface area contributed by atoms with Crippen molar-refractivity contribution in [1.82, 2.24) is 15.5 Å². The molecule has 1 aliphatic heterocycles. The Labute approximate surface area is 250 Å². The van der Waals surface area contributed by atoms with Gasteiger partial charge in [0.2, 0.25) is 11.8 Å². The molecule has 2 unspecified atom stereocenters. The quantitative estimate of drug-likeness (QED) is 0.223. The molecule has 0 bridgehead atoms. The number of carbonyl (C=O) groups excluding carboxylic acids is 4. The lowest BCUT2D eigenvalue weighted by Crippen LogP contribution is -2.52. The number of methoxy groups -OCH3 is 1. The smallest absolute Gasteiger partial charge is 0.408 e. The van der Waals surface area contributed by atoms with Crippen LogP contribution in [-0.2, 0) is 30.3 Å². The van der Waals surface area contributed by atoms with Gasteiger partial charge in [-0.05, 0) is 77.3 Å². The molecule has 1 aromatic rings. The summed E-state index contributed by atoms with van der Waals surface area (Å²) < 4.78 is 10.3. The number of hydrogen-bond donors (Lipinski definition) is 3. The number of likely N-dealkylation sites (tertiary alicyclic amines) is 1. The van der Waals surface area contributed by atoms with Gasteiger partial charge in [0.25, 0.3) is 0 Å². The summed E-state index contributed by atoms with van der Waals surface area (Å²) in [6, 6.07) is 7.84. The first kappa shape index (κ1) is 34.8. The number of alkyl carbamates (subject to hydrolysis) is 1. The van der Waals surface area contributed by atoms with E-state index in [2.05, 4.69) is 24.5 Å². The Hall–Kier alpha value is -3.40. The van der Waals surface area contributed by atoms with Crippen molar-refractivity contribution in [3.63, 3.8) is 0 Å². The number of nitrogens with zero attached hydrogens (tertiary/aromatic N) is 1. The highest BCUT2D eigenvalue weighted by Gasteiger charge is 2.38. The molecule has 0 aliphatic carbocycles. The highest BCUT2D eigenvalue weighted by Crippen LogP contribution is 2.24. The molecule has 1 heterocycles. The van der Waals surface area contributed by atoms with Crippen LogP contribution in [0.25, 0.3) is 0 Å². The second-order valence-corrected chi connectivity index (χ2v) is 12.3. The van der Waals surface area contributed by atoms with E-state index in [1.165, 1.54) is 7.11 Å². The first-order valence-electron chi connectivity index (χ1n) is 14.9. The maximum Gasteiger partial charge on any atom is 0.408 e. The molecule has 0 aromatic heterocycles. The Morgan fingerprint density at radius 3 is 2.38 bits per heavy atom. The Morgan fingerprint density at radius 2 is 1.79 bits per heavy atom. The zero-order valence-electron chi connectivity index (χ0n) is 26.1. The molecule has 3 amide bonds. The third-order valence-electron chi connectivity index (χ3n) is 6.96. The molecule has 234 valence electrons. The van der Waals surface area contributed by atoms with Gasteiger partial charge in [0, 0.05) is 6.54 Å². The van der Waals surface area contributed by atoms with E-state index >= 15 is 0 Å². The lowest BCUT2D eigenvalue weighted by Gasteiger charge is -2.29. The van der Waals surface area contributed by atoms with E-state index in [0.29, 0.717) is 51.6 Å². The van der Waals surface area contributed by atoms with Gasteiger partial charge in [-0.25, -0.2) is 9.59 Å². The van der Waals surface area contributed by atoms with E-state index in [1.807, 2.05) is 63.3 Å². The van der Waals surface area contributed by atoms with Crippen LogP contribution >= 0.6 is 0 Å². The van der Waals surface area contributed by atoms with E-state index in [0.717, 1.165) is 5.56 Å². The zero-order valence-corrected chi connectivity index (χ0v) is 26.1. The summed E-state index contributed by atoms with van der Waals surface area (Å²) in [5.74, 6) is -1.37. The summed E-state index contributed by atoms with van der Waals surface area (Å²) in [7, 11) is 1.28. The van der Waals surface area contributed by atoms with Crippen LogP contribution in [0.15, 0.2) is 42.5 Å². The van der Waals surface area contributed by atoms with Crippen LogP contribution in [0.1, 0.15) is 72.3 Å². The minimum atomic E-state index is -0.820. The SMILES string of the molecule is COC(=O)C(CCCN)NC(=O)C1CCCN1C(=O)[C@H](/C=C/[C@H](CC(C)C)NC(=O)OC(C)(C)C)Cc1ccccc1. The monoisotopic (exact) mass is 586 g/mol. The van der Waals surface area contributed by atoms with Gasteiger partial charge in [-0.1, -0.05) is 56.3 Å². The first-order valence-corrected chi connectivity index (χ1v) is 14.9. The van der Waals surface area contributed by atoms with Gasteiger partial charge in [0.15, 0.2) is 0 Å². The van der Waals surface area contributed by atoms with E-state index in [4.69, 9.17) is 15.2 Å². The number of hydrogen-bond acceptors (Lipinski definition) is 7. The first-order chi connectivity index (χ1) is 19.8. The largest absolute Gasteiger partial charge is 0.467 e. The molecule has 1 aromatic carbocycles. The molecule has 1 saturated heterocycles. The molecule has 4 N–H and O–H groups in total. The van der Waals surface area contributed by atoms with E-state index in [-0.39, 0.29) is 23.8 Å². The molecule has 4 atom stereocenters. The Kier molecular flexibility index (Phi) is 14.0. The van der Waals surface area contributed by atoms with Crippen LogP contribution in [0.3, 0.4) is 0 Å². The van der Waals surface area contributed by atoms with Crippen molar-refractivity contribution in [1.29, 1.82) is 0 Å². The number of nitrogens with one attached hydrogen (secondary N) is 2. The highest BCUT2D eigenvalue weighted by atomic mass is 16.6. The topological polar surface area (TPSA) is 140 Å². The van der Waals surface area contributed by atoms with Crippen LogP contribution in [0.2, 0.25) is 0 Å². The summed E-state index contributed by atoms with van der Waals surface area (Å²) >= 11 is 0. The third-order valence-corrected chi connectivity index (χ3v) is 6.96. The predicted molar refractivity (Wildman–Crippen MR) is 162 cm³/mol. The summed E-state index contributed by atoms with van der Waals surface area (Å²) in [5.41, 5.74) is 5.95. The highest BCUT2D eigenvalue weighted by molar-refractivity contribution is 5.92.